The Kier molecular flexibility index (Phi) is 7.42. The number of nitrogens with zero attached hydrogens (tertiary/aromatic N) is 4. The molecule has 0 fully saturated rings. The second kappa shape index (κ2) is 13.0. The number of hydrogen-bond acceptors (Lipinski definition) is 4. The zero-order chi connectivity index (χ0) is 37.0. The summed E-state index contributed by atoms with van der Waals surface area (Å²) in [6, 6.07) is 67.5. The Morgan fingerprint density at radius 2 is 0.893 bits per heavy atom. The number of hydrogen-bond donors (Lipinski definition) is 0. The summed E-state index contributed by atoms with van der Waals surface area (Å²) >= 11 is 0. The van der Waals surface area contributed by atoms with Gasteiger partial charge in [0.1, 0.15) is 11.2 Å². The lowest BCUT2D eigenvalue weighted by atomic mass is 10.0. The predicted molar refractivity (Wildman–Crippen MR) is 229 cm³/mol. The molecule has 0 saturated carbocycles. The van der Waals surface area contributed by atoms with Gasteiger partial charge < -0.3 is 8.98 Å². The zero-order valence-electron chi connectivity index (χ0n) is 30.2. The van der Waals surface area contributed by atoms with Crippen molar-refractivity contribution in [3.05, 3.63) is 194 Å². The second-order valence-corrected chi connectivity index (χ2v) is 14.0. The molecule has 11 rings (SSSR count). The Morgan fingerprint density at radius 1 is 0.339 bits per heavy atom. The van der Waals surface area contributed by atoms with E-state index in [1.54, 1.807) is 0 Å². The lowest BCUT2D eigenvalue weighted by molar-refractivity contribution is 0.669. The molecule has 262 valence electrons. The molecule has 0 saturated heterocycles. The standard InChI is InChI=1S/C51H32N4O/c1-4-15-33(16-5-1)36-28-30-44-42(31-36)38-21-10-12-24-43(38)55(44)45-32-37(34-17-6-2-7-18-34)27-29-39(45)50-52-49(35-19-8-3-9-20-35)53-51(54-50)41-23-14-26-47-48(41)40-22-11-13-25-46(40)56-47/h1-32H. The Balaban J connectivity index is 1.21. The molecule has 0 amide bonds. The average molecular weight is 717 g/mol. The molecule has 0 spiro atoms. The summed E-state index contributed by atoms with van der Waals surface area (Å²) in [6.45, 7) is 0. The minimum Gasteiger partial charge on any atom is -0.456 e. The molecule has 11 aromatic rings. The lowest BCUT2D eigenvalue weighted by Gasteiger charge is -2.16. The summed E-state index contributed by atoms with van der Waals surface area (Å²) in [6.07, 6.45) is 0. The van der Waals surface area contributed by atoms with Crippen LogP contribution in [0, 0.1) is 0 Å². The molecule has 56 heavy (non-hydrogen) atoms. The molecule has 0 bridgehead atoms. The van der Waals surface area contributed by atoms with Gasteiger partial charge in [0.25, 0.3) is 0 Å². The first kappa shape index (κ1) is 31.9. The summed E-state index contributed by atoms with van der Waals surface area (Å²) in [4.78, 5) is 15.8. The third-order valence-electron chi connectivity index (χ3n) is 10.7. The molecule has 0 unspecified atom stereocenters. The highest BCUT2D eigenvalue weighted by Gasteiger charge is 2.22. The first-order valence-corrected chi connectivity index (χ1v) is 18.8. The van der Waals surface area contributed by atoms with Gasteiger partial charge >= 0.3 is 0 Å². The van der Waals surface area contributed by atoms with Gasteiger partial charge in [0.15, 0.2) is 17.5 Å². The van der Waals surface area contributed by atoms with Gasteiger partial charge in [-0.1, -0.05) is 152 Å². The Hall–Kier alpha value is -7.63. The van der Waals surface area contributed by atoms with Crippen molar-refractivity contribution in [2.75, 3.05) is 0 Å². The van der Waals surface area contributed by atoms with Gasteiger partial charge in [0.2, 0.25) is 0 Å². The maximum atomic E-state index is 6.31. The van der Waals surface area contributed by atoms with E-state index < -0.39 is 0 Å². The van der Waals surface area contributed by atoms with Crippen LogP contribution in [0.3, 0.4) is 0 Å². The SMILES string of the molecule is c1ccc(-c2ccc(-c3nc(-c4ccccc4)nc(-c4cccc5oc6ccccc6c45)n3)c(-n3c4ccccc4c4cc(-c5ccccc5)ccc43)c2)cc1. The van der Waals surface area contributed by atoms with Crippen molar-refractivity contribution >= 4 is 43.7 Å². The second-order valence-electron chi connectivity index (χ2n) is 14.0. The molecule has 5 nitrogen and oxygen atoms in total. The highest BCUT2D eigenvalue weighted by atomic mass is 16.3. The van der Waals surface area contributed by atoms with E-state index in [2.05, 4.69) is 138 Å². The molecule has 3 aromatic heterocycles. The highest BCUT2D eigenvalue weighted by molar-refractivity contribution is 6.12. The monoisotopic (exact) mass is 716 g/mol. The first-order chi connectivity index (χ1) is 27.8. The summed E-state index contributed by atoms with van der Waals surface area (Å²) in [7, 11) is 0. The molecule has 0 aliphatic heterocycles. The van der Waals surface area contributed by atoms with Gasteiger partial charge in [0, 0.05) is 38.2 Å². The molecule has 0 aliphatic rings. The van der Waals surface area contributed by atoms with Crippen LogP contribution >= 0.6 is 0 Å². The van der Waals surface area contributed by atoms with Crippen molar-refractivity contribution in [3.8, 4) is 62.1 Å². The maximum Gasteiger partial charge on any atom is 0.166 e. The normalized spacial score (nSPS) is 11.6. The number of furan rings is 1. The minimum atomic E-state index is 0.582. The van der Waals surface area contributed by atoms with Crippen LogP contribution in [0.4, 0.5) is 0 Å². The van der Waals surface area contributed by atoms with Crippen molar-refractivity contribution in [3.63, 3.8) is 0 Å². The molecule has 3 heterocycles. The van der Waals surface area contributed by atoms with Crippen LogP contribution in [0.15, 0.2) is 199 Å². The summed E-state index contributed by atoms with van der Waals surface area (Å²) < 4.78 is 8.68. The Morgan fingerprint density at radius 3 is 1.64 bits per heavy atom. The van der Waals surface area contributed by atoms with Gasteiger partial charge in [0.05, 0.1) is 16.7 Å². The fourth-order valence-corrected chi connectivity index (χ4v) is 8.05. The van der Waals surface area contributed by atoms with E-state index in [9.17, 15) is 0 Å². The fraction of sp³-hybridized carbons (Fsp3) is 0. The molecule has 5 heteroatoms. The zero-order valence-corrected chi connectivity index (χ0v) is 30.2. The largest absolute Gasteiger partial charge is 0.456 e. The van der Waals surface area contributed by atoms with Crippen molar-refractivity contribution in [1.82, 2.24) is 19.5 Å². The molecule has 0 N–H and O–H groups in total. The van der Waals surface area contributed by atoms with Crippen molar-refractivity contribution in [1.29, 1.82) is 0 Å². The third-order valence-corrected chi connectivity index (χ3v) is 10.7. The van der Waals surface area contributed by atoms with Crippen LogP contribution in [-0.2, 0) is 0 Å². The summed E-state index contributed by atoms with van der Waals surface area (Å²) in [5.41, 5.74) is 12.1. The van der Waals surface area contributed by atoms with Gasteiger partial charge in [-0.05, 0) is 64.7 Å². The molecular weight excluding hydrogens is 685 g/mol. The first-order valence-electron chi connectivity index (χ1n) is 18.8. The van der Waals surface area contributed by atoms with E-state index in [0.717, 1.165) is 66.5 Å². The number of benzene rings is 8. The summed E-state index contributed by atoms with van der Waals surface area (Å²) in [5.74, 6) is 1.77. The number of para-hydroxylation sites is 2. The highest BCUT2D eigenvalue weighted by Crippen LogP contribution is 2.41. The molecule has 0 atom stereocenters. The van der Waals surface area contributed by atoms with Crippen LogP contribution in [-0.4, -0.2) is 19.5 Å². The van der Waals surface area contributed by atoms with E-state index >= 15 is 0 Å². The molecular formula is C51H32N4O. The maximum absolute atomic E-state index is 6.31. The van der Waals surface area contributed by atoms with Crippen LogP contribution in [0.2, 0.25) is 0 Å². The lowest BCUT2D eigenvalue weighted by Crippen LogP contribution is -2.04. The predicted octanol–water partition coefficient (Wildman–Crippen LogP) is 13.2. The minimum absolute atomic E-state index is 0.582. The van der Waals surface area contributed by atoms with E-state index in [1.165, 1.54) is 21.9 Å². The van der Waals surface area contributed by atoms with Gasteiger partial charge in [-0.15, -0.1) is 0 Å². The van der Waals surface area contributed by atoms with Crippen LogP contribution in [0.1, 0.15) is 0 Å². The van der Waals surface area contributed by atoms with Crippen molar-refractivity contribution in [2.24, 2.45) is 0 Å². The molecule has 0 radical (unpaired) electrons. The van der Waals surface area contributed by atoms with E-state index in [-0.39, 0.29) is 0 Å². The van der Waals surface area contributed by atoms with Crippen LogP contribution in [0.25, 0.3) is 106 Å². The topological polar surface area (TPSA) is 56.7 Å². The Labute approximate surface area is 322 Å². The number of aromatic nitrogens is 4. The van der Waals surface area contributed by atoms with E-state index in [1.807, 2.05) is 60.7 Å². The average Bonchev–Trinajstić information content (AvgIpc) is 3.82. The van der Waals surface area contributed by atoms with Gasteiger partial charge in [-0.3, -0.25) is 0 Å². The molecule has 8 aromatic carbocycles. The van der Waals surface area contributed by atoms with Gasteiger partial charge in [-0.2, -0.15) is 0 Å². The van der Waals surface area contributed by atoms with Crippen LogP contribution in [0.5, 0.6) is 0 Å². The van der Waals surface area contributed by atoms with Gasteiger partial charge in [-0.25, -0.2) is 15.0 Å². The van der Waals surface area contributed by atoms with Crippen LogP contribution < -0.4 is 0 Å². The fourth-order valence-electron chi connectivity index (χ4n) is 8.05. The smallest absolute Gasteiger partial charge is 0.166 e. The quantitative estimate of drug-likeness (QED) is 0.172. The molecule has 0 aliphatic carbocycles. The van der Waals surface area contributed by atoms with Crippen molar-refractivity contribution in [2.45, 2.75) is 0 Å². The number of fused-ring (bicyclic) bond motifs is 6. The third kappa shape index (κ3) is 5.29. The van der Waals surface area contributed by atoms with E-state index in [4.69, 9.17) is 19.4 Å². The Bertz CT molecular complexity index is 3240. The van der Waals surface area contributed by atoms with E-state index in [0.29, 0.717) is 17.5 Å². The summed E-state index contributed by atoms with van der Waals surface area (Å²) in [5, 5.41) is 4.36. The number of rotatable bonds is 6. The van der Waals surface area contributed by atoms with Crippen molar-refractivity contribution < 1.29 is 4.42 Å².